The third kappa shape index (κ3) is 3.54. The van der Waals surface area contributed by atoms with Crippen LogP contribution in [0.5, 0.6) is 0 Å². The molecule has 1 saturated heterocycles. The van der Waals surface area contributed by atoms with Crippen molar-refractivity contribution in [2.24, 2.45) is 5.92 Å². The molecular weight excluding hydrogens is 238 g/mol. The van der Waals surface area contributed by atoms with E-state index in [2.05, 4.69) is 48.1 Å². The van der Waals surface area contributed by atoms with Crippen LogP contribution < -0.4 is 5.32 Å². The Bertz CT molecular complexity index is 379. The lowest BCUT2D eigenvalue weighted by Gasteiger charge is -2.34. The fourth-order valence-electron chi connectivity index (χ4n) is 2.87. The van der Waals surface area contributed by atoms with Crippen molar-refractivity contribution < 1.29 is 0 Å². The number of piperidine rings is 1. The lowest BCUT2D eigenvalue weighted by atomic mass is 9.90. The first-order valence-corrected chi connectivity index (χ1v) is 7.39. The Morgan fingerprint density at radius 3 is 2.58 bits per heavy atom. The van der Waals surface area contributed by atoms with Gasteiger partial charge in [-0.2, -0.15) is 5.10 Å². The number of nitrogens with zero attached hydrogens (tertiary/aromatic N) is 4. The molecule has 1 fully saturated rings. The molecule has 5 heteroatoms. The van der Waals surface area contributed by atoms with Gasteiger partial charge in [0.2, 0.25) is 0 Å². The first kappa shape index (κ1) is 14.5. The summed E-state index contributed by atoms with van der Waals surface area (Å²) in [4.78, 5) is 6.90. The standard InChI is InChI=1S/C14H27N5/c1-11(2)19-14(16-10-17-19)9-18-7-5-13(6-8-18)12(3)15-4/h10-13,15H,5-9H2,1-4H3. The highest BCUT2D eigenvalue weighted by molar-refractivity contribution is 4.88. The van der Waals surface area contributed by atoms with Gasteiger partial charge in [0.25, 0.3) is 0 Å². The SMILES string of the molecule is CNC(C)C1CCN(Cc2ncnn2C(C)C)CC1. The fourth-order valence-corrected chi connectivity index (χ4v) is 2.87. The second-order valence-corrected chi connectivity index (χ2v) is 5.91. The Morgan fingerprint density at radius 1 is 1.32 bits per heavy atom. The van der Waals surface area contributed by atoms with Crippen LogP contribution in [0.15, 0.2) is 6.33 Å². The minimum atomic E-state index is 0.388. The molecule has 1 aliphatic rings. The number of hydrogen-bond acceptors (Lipinski definition) is 4. The number of rotatable bonds is 5. The van der Waals surface area contributed by atoms with Crippen LogP contribution in [0.2, 0.25) is 0 Å². The highest BCUT2D eigenvalue weighted by atomic mass is 15.4. The molecule has 5 nitrogen and oxygen atoms in total. The predicted octanol–water partition coefficient (Wildman–Crippen LogP) is 1.68. The molecule has 2 heterocycles. The fraction of sp³-hybridized carbons (Fsp3) is 0.857. The van der Waals surface area contributed by atoms with Crippen LogP contribution in [0, 0.1) is 5.92 Å². The van der Waals surface area contributed by atoms with Gasteiger partial charge in [0.15, 0.2) is 0 Å². The summed E-state index contributed by atoms with van der Waals surface area (Å²) >= 11 is 0. The van der Waals surface area contributed by atoms with E-state index in [1.165, 1.54) is 25.9 Å². The zero-order chi connectivity index (χ0) is 13.8. The highest BCUT2D eigenvalue weighted by Gasteiger charge is 2.24. The molecule has 108 valence electrons. The lowest BCUT2D eigenvalue weighted by molar-refractivity contribution is 0.153. The molecule has 1 aromatic heterocycles. The van der Waals surface area contributed by atoms with Crippen LogP contribution in [0.3, 0.4) is 0 Å². The van der Waals surface area contributed by atoms with Gasteiger partial charge in [-0.05, 0) is 59.7 Å². The molecule has 1 aromatic rings. The number of aromatic nitrogens is 3. The van der Waals surface area contributed by atoms with Crippen LogP contribution in [0.4, 0.5) is 0 Å². The first-order valence-electron chi connectivity index (χ1n) is 7.39. The molecule has 2 rings (SSSR count). The summed E-state index contributed by atoms with van der Waals surface area (Å²) in [5, 5.41) is 7.68. The Morgan fingerprint density at radius 2 is 2.00 bits per heavy atom. The molecule has 0 amide bonds. The maximum absolute atomic E-state index is 4.40. The number of hydrogen-bond donors (Lipinski definition) is 1. The summed E-state index contributed by atoms with van der Waals surface area (Å²) in [6.07, 6.45) is 4.22. The van der Waals surface area contributed by atoms with E-state index in [1.54, 1.807) is 6.33 Å². The highest BCUT2D eigenvalue weighted by Crippen LogP contribution is 2.21. The van der Waals surface area contributed by atoms with Gasteiger partial charge < -0.3 is 5.32 Å². The van der Waals surface area contributed by atoms with Crippen molar-refractivity contribution in [1.82, 2.24) is 25.0 Å². The van der Waals surface area contributed by atoms with E-state index in [4.69, 9.17) is 0 Å². The third-order valence-corrected chi connectivity index (χ3v) is 4.30. The summed E-state index contributed by atoms with van der Waals surface area (Å²) in [6, 6.07) is 1.01. The zero-order valence-electron chi connectivity index (χ0n) is 12.6. The second kappa shape index (κ2) is 6.48. The summed E-state index contributed by atoms with van der Waals surface area (Å²) < 4.78 is 2.03. The van der Waals surface area contributed by atoms with E-state index in [0.29, 0.717) is 12.1 Å². The smallest absolute Gasteiger partial charge is 0.141 e. The Hall–Kier alpha value is -0.940. The molecule has 0 saturated carbocycles. The van der Waals surface area contributed by atoms with Crippen molar-refractivity contribution in [3.8, 4) is 0 Å². The van der Waals surface area contributed by atoms with Gasteiger partial charge in [-0.1, -0.05) is 0 Å². The van der Waals surface area contributed by atoms with Gasteiger partial charge in [0.1, 0.15) is 12.2 Å². The van der Waals surface area contributed by atoms with Crippen molar-refractivity contribution in [2.75, 3.05) is 20.1 Å². The van der Waals surface area contributed by atoms with E-state index in [-0.39, 0.29) is 0 Å². The maximum Gasteiger partial charge on any atom is 0.141 e. The van der Waals surface area contributed by atoms with Gasteiger partial charge in [0, 0.05) is 12.1 Å². The monoisotopic (exact) mass is 265 g/mol. The lowest BCUT2D eigenvalue weighted by Crippen LogP contribution is -2.40. The van der Waals surface area contributed by atoms with Crippen molar-refractivity contribution in [3.63, 3.8) is 0 Å². The normalized spacial score (nSPS) is 20.1. The average molecular weight is 265 g/mol. The molecule has 1 unspecified atom stereocenters. The van der Waals surface area contributed by atoms with Gasteiger partial charge in [0.05, 0.1) is 6.54 Å². The second-order valence-electron chi connectivity index (χ2n) is 5.91. The minimum Gasteiger partial charge on any atom is -0.317 e. The van der Waals surface area contributed by atoms with Gasteiger partial charge in [-0.25, -0.2) is 9.67 Å². The van der Waals surface area contributed by atoms with Crippen LogP contribution in [0.25, 0.3) is 0 Å². The molecular formula is C14H27N5. The Kier molecular flexibility index (Phi) is 4.93. The molecule has 0 bridgehead atoms. The van der Waals surface area contributed by atoms with Gasteiger partial charge in [-0.15, -0.1) is 0 Å². The van der Waals surface area contributed by atoms with Crippen LogP contribution in [-0.2, 0) is 6.54 Å². The summed E-state index contributed by atoms with van der Waals surface area (Å²) in [7, 11) is 2.06. The zero-order valence-corrected chi connectivity index (χ0v) is 12.6. The topological polar surface area (TPSA) is 46.0 Å². The number of nitrogens with one attached hydrogen (secondary N) is 1. The van der Waals surface area contributed by atoms with Crippen LogP contribution >= 0.6 is 0 Å². The van der Waals surface area contributed by atoms with Crippen molar-refractivity contribution in [1.29, 1.82) is 0 Å². The summed E-state index contributed by atoms with van der Waals surface area (Å²) in [5.41, 5.74) is 0. The summed E-state index contributed by atoms with van der Waals surface area (Å²) in [6.45, 7) is 9.86. The maximum atomic E-state index is 4.40. The van der Waals surface area contributed by atoms with Gasteiger partial charge in [-0.3, -0.25) is 4.90 Å². The van der Waals surface area contributed by atoms with E-state index >= 15 is 0 Å². The predicted molar refractivity (Wildman–Crippen MR) is 76.9 cm³/mol. The van der Waals surface area contributed by atoms with E-state index < -0.39 is 0 Å². The van der Waals surface area contributed by atoms with Gasteiger partial charge >= 0.3 is 0 Å². The van der Waals surface area contributed by atoms with E-state index in [1.807, 2.05) is 4.68 Å². The molecule has 0 aromatic carbocycles. The van der Waals surface area contributed by atoms with Crippen molar-refractivity contribution in [3.05, 3.63) is 12.2 Å². The molecule has 0 spiro atoms. The van der Waals surface area contributed by atoms with E-state index in [9.17, 15) is 0 Å². The largest absolute Gasteiger partial charge is 0.317 e. The molecule has 19 heavy (non-hydrogen) atoms. The van der Waals surface area contributed by atoms with Crippen molar-refractivity contribution >= 4 is 0 Å². The molecule has 1 atom stereocenters. The quantitative estimate of drug-likeness (QED) is 0.880. The Balaban J connectivity index is 1.87. The molecule has 0 aliphatic carbocycles. The molecule has 0 radical (unpaired) electrons. The average Bonchev–Trinajstić information content (AvgIpc) is 2.87. The first-order chi connectivity index (χ1) is 9.11. The Labute approximate surface area is 116 Å². The van der Waals surface area contributed by atoms with E-state index in [0.717, 1.165) is 18.3 Å². The summed E-state index contributed by atoms with van der Waals surface area (Å²) in [5.74, 6) is 1.90. The number of likely N-dealkylation sites (tertiary alicyclic amines) is 1. The van der Waals surface area contributed by atoms with Crippen LogP contribution in [0.1, 0.15) is 45.5 Å². The minimum absolute atomic E-state index is 0.388. The third-order valence-electron chi connectivity index (χ3n) is 4.30. The van der Waals surface area contributed by atoms with Crippen molar-refractivity contribution in [2.45, 2.75) is 52.2 Å². The van der Waals surface area contributed by atoms with Crippen LogP contribution in [-0.4, -0.2) is 45.8 Å². The molecule has 1 aliphatic heterocycles. The molecule has 1 N–H and O–H groups in total.